The minimum absolute atomic E-state index is 0.0187. The van der Waals surface area contributed by atoms with Crippen LogP contribution in [0, 0.1) is 13.8 Å². The molecule has 0 N–H and O–H groups in total. The topological polar surface area (TPSA) is 55.8 Å². The maximum Gasteiger partial charge on any atom is 0.307 e. The van der Waals surface area contributed by atoms with Crippen molar-refractivity contribution in [3.8, 4) is 5.75 Å². The fraction of sp³-hybridized carbons (Fsp3) is 0.556. The van der Waals surface area contributed by atoms with E-state index in [2.05, 4.69) is 11.7 Å². The molecule has 0 atom stereocenters. The molecule has 0 heterocycles. The standard InChI is InChI=1S/C18H27NO4/c1-5-6-10-19(11-9-18(21)22-4)17(20)13-23-16-12-14(2)7-8-15(16)3/h7-8,12H,5-6,9-11,13H2,1-4H3. The first-order valence-electron chi connectivity index (χ1n) is 8.02. The van der Waals surface area contributed by atoms with E-state index in [-0.39, 0.29) is 24.9 Å². The molecule has 5 heteroatoms. The lowest BCUT2D eigenvalue weighted by Crippen LogP contribution is -2.37. The third kappa shape index (κ3) is 6.72. The van der Waals surface area contributed by atoms with Crippen molar-refractivity contribution in [1.29, 1.82) is 0 Å². The van der Waals surface area contributed by atoms with Gasteiger partial charge in [0.2, 0.25) is 0 Å². The molecule has 0 aliphatic rings. The molecule has 23 heavy (non-hydrogen) atoms. The smallest absolute Gasteiger partial charge is 0.307 e. The Kier molecular flexibility index (Phi) is 8.16. The Labute approximate surface area is 138 Å². The van der Waals surface area contributed by atoms with Crippen LogP contribution in [0.1, 0.15) is 37.3 Å². The van der Waals surface area contributed by atoms with E-state index in [1.54, 1.807) is 4.90 Å². The largest absolute Gasteiger partial charge is 0.483 e. The molecule has 0 unspecified atom stereocenters. The summed E-state index contributed by atoms with van der Waals surface area (Å²) in [7, 11) is 1.35. The van der Waals surface area contributed by atoms with Crippen molar-refractivity contribution < 1.29 is 19.1 Å². The highest BCUT2D eigenvalue weighted by atomic mass is 16.5. The van der Waals surface area contributed by atoms with Crippen molar-refractivity contribution in [3.63, 3.8) is 0 Å². The van der Waals surface area contributed by atoms with Crippen molar-refractivity contribution >= 4 is 11.9 Å². The van der Waals surface area contributed by atoms with Crippen LogP contribution in [0.5, 0.6) is 5.75 Å². The van der Waals surface area contributed by atoms with Crippen LogP contribution in [0.15, 0.2) is 18.2 Å². The predicted molar refractivity (Wildman–Crippen MR) is 89.5 cm³/mol. The predicted octanol–water partition coefficient (Wildman–Crippen LogP) is 2.87. The lowest BCUT2D eigenvalue weighted by molar-refractivity contribution is -0.142. The number of methoxy groups -OCH3 is 1. The highest BCUT2D eigenvalue weighted by molar-refractivity contribution is 5.78. The summed E-state index contributed by atoms with van der Waals surface area (Å²) < 4.78 is 10.3. The number of carbonyl (C=O) groups excluding carboxylic acids is 2. The normalized spacial score (nSPS) is 10.3. The quantitative estimate of drug-likeness (QED) is 0.656. The molecule has 0 saturated heterocycles. The molecule has 0 aliphatic heterocycles. The summed E-state index contributed by atoms with van der Waals surface area (Å²) >= 11 is 0. The maximum atomic E-state index is 12.4. The molecule has 0 radical (unpaired) electrons. The zero-order valence-corrected chi connectivity index (χ0v) is 14.6. The second-order valence-corrected chi connectivity index (χ2v) is 5.62. The molecule has 0 bridgehead atoms. The van der Waals surface area contributed by atoms with E-state index in [0.717, 1.165) is 29.7 Å². The molecule has 5 nitrogen and oxygen atoms in total. The van der Waals surface area contributed by atoms with Gasteiger partial charge in [-0.05, 0) is 37.5 Å². The fourth-order valence-corrected chi connectivity index (χ4v) is 2.13. The summed E-state index contributed by atoms with van der Waals surface area (Å²) in [5, 5.41) is 0. The van der Waals surface area contributed by atoms with Gasteiger partial charge in [0.25, 0.3) is 5.91 Å². The molecule has 1 amide bonds. The summed E-state index contributed by atoms with van der Waals surface area (Å²) in [6, 6.07) is 5.91. The Bertz CT molecular complexity index is 528. The van der Waals surface area contributed by atoms with Gasteiger partial charge in [0, 0.05) is 13.1 Å². The van der Waals surface area contributed by atoms with E-state index in [0.29, 0.717) is 13.1 Å². The van der Waals surface area contributed by atoms with Crippen LogP contribution in [-0.2, 0) is 14.3 Å². The van der Waals surface area contributed by atoms with Gasteiger partial charge in [-0.1, -0.05) is 25.5 Å². The van der Waals surface area contributed by atoms with Crippen LogP contribution in [0.25, 0.3) is 0 Å². The maximum absolute atomic E-state index is 12.4. The van der Waals surface area contributed by atoms with Gasteiger partial charge < -0.3 is 14.4 Å². The highest BCUT2D eigenvalue weighted by Crippen LogP contribution is 2.19. The zero-order chi connectivity index (χ0) is 17.2. The van der Waals surface area contributed by atoms with Crippen molar-refractivity contribution in [2.24, 2.45) is 0 Å². The lowest BCUT2D eigenvalue weighted by Gasteiger charge is -2.22. The Morgan fingerprint density at radius 1 is 1.17 bits per heavy atom. The number of unbranched alkanes of at least 4 members (excludes halogenated alkanes) is 1. The number of hydrogen-bond acceptors (Lipinski definition) is 4. The highest BCUT2D eigenvalue weighted by Gasteiger charge is 2.16. The Morgan fingerprint density at radius 3 is 2.57 bits per heavy atom. The second kappa shape index (κ2) is 9.87. The number of nitrogens with zero attached hydrogens (tertiary/aromatic N) is 1. The molecule has 0 aliphatic carbocycles. The van der Waals surface area contributed by atoms with Gasteiger partial charge in [0.15, 0.2) is 6.61 Å². The monoisotopic (exact) mass is 321 g/mol. The van der Waals surface area contributed by atoms with Crippen molar-refractivity contribution in [2.45, 2.75) is 40.0 Å². The molecule has 0 spiro atoms. The SMILES string of the molecule is CCCCN(CCC(=O)OC)C(=O)COc1cc(C)ccc1C. The van der Waals surface area contributed by atoms with Gasteiger partial charge in [-0.3, -0.25) is 9.59 Å². The summed E-state index contributed by atoms with van der Waals surface area (Å²) in [6.45, 7) is 6.97. The van der Waals surface area contributed by atoms with Crippen molar-refractivity contribution in [1.82, 2.24) is 4.90 Å². The fourth-order valence-electron chi connectivity index (χ4n) is 2.13. The van der Waals surface area contributed by atoms with Crippen molar-refractivity contribution in [2.75, 3.05) is 26.8 Å². The molecular weight excluding hydrogens is 294 g/mol. The average molecular weight is 321 g/mol. The molecular formula is C18H27NO4. The minimum Gasteiger partial charge on any atom is -0.483 e. The van der Waals surface area contributed by atoms with Gasteiger partial charge in [0.05, 0.1) is 13.5 Å². The molecule has 1 aromatic carbocycles. The van der Waals surface area contributed by atoms with Crippen LogP contribution in [0.3, 0.4) is 0 Å². The van der Waals surface area contributed by atoms with Crippen LogP contribution in [0.4, 0.5) is 0 Å². The Balaban J connectivity index is 2.61. The Morgan fingerprint density at radius 2 is 1.91 bits per heavy atom. The summed E-state index contributed by atoms with van der Waals surface area (Å²) in [6.07, 6.45) is 2.09. The summed E-state index contributed by atoms with van der Waals surface area (Å²) in [5.41, 5.74) is 2.09. The van der Waals surface area contributed by atoms with Crippen LogP contribution < -0.4 is 4.74 Å². The minimum atomic E-state index is -0.310. The first-order valence-corrected chi connectivity index (χ1v) is 8.02. The van der Waals surface area contributed by atoms with E-state index >= 15 is 0 Å². The van der Waals surface area contributed by atoms with Crippen LogP contribution in [-0.4, -0.2) is 43.6 Å². The van der Waals surface area contributed by atoms with E-state index in [9.17, 15) is 9.59 Å². The number of rotatable bonds is 9. The molecule has 0 aromatic heterocycles. The van der Waals surface area contributed by atoms with Gasteiger partial charge in [-0.25, -0.2) is 0 Å². The number of benzene rings is 1. The first-order chi connectivity index (χ1) is 11.0. The molecule has 0 fully saturated rings. The lowest BCUT2D eigenvalue weighted by atomic mass is 10.1. The first kappa shape index (κ1) is 19.0. The van der Waals surface area contributed by atoms with Gasteiger partial charge in [-0.15, -0.1) is 0 Å². The summed E-state index contributed by atoms with van der Waals surface area (Å²) in [4.78, 5) is 25.3. The van der Waals surface area contributed by atoms with E-state index < -0.39 is 0 Å². The number of hydrogen-bond donors (Lipinski definition) is 0. The number of amides is 1. The zero-order valence-electron chi connectivity index (χ0n) is 14.6. The second-order valence-electron chi connectivity index (χ2n) is 5.62. The van der Waals surface area contributed by atoms with Gasteiger partial charge >= 0.3 is 5.97 Å². The molecule has 1 rings (SSSR count). The number of ether oxygens (including phenoxy) is 2. The number of aryl methyl sites for hydroxylation is 2. The number of carbonyl (C=O) groups is 2. The van der Waals surface area contributed by atoms with Gasteiger partial charge in [-0.2, -0.15) is 0 Å². The van der Waals surface area contributed by atoms with Gasteiger partial charge in [0.1, 0.15) is 5.75 Å². The average Bonchev–Trinajstić information content (AvgIpc) is 2.55. The molecule has 0 saturated carbocycles. The van der Waals surface area contributed by atoms with E-state index in [1.807, 2.05) is 32.0 Å². The Hall–Kier alpha value is -2.04. The number of esters is 1. The van der Waals surface area contributed by atoms with E-state index in [1.165, 1.54) is 7.11 Å². The molecule has 128 valence electrons. The third-order valence-corrected chi connectivity index (χ3v) is 3.64. The van der Waals surface area contributed by atoms with E-state index in [4.69, 9.17) is 4.74 Å². The van der Waals surface area contributed by atoms with Crippen molar-refractivity contribution in [3.05, 3.63) is 29.3 Å². The summed E-state index contributed by atoms with van der Waals surface area (Å²) in [5.74, 6) is 0.305. The van der Waals surface area contributed by atoms with Crippen LogP contribution in [0.2, 0.25) is 0 Å². The van der Waals surface area contributed by atoms with Crippen LogP contribution >= 0.6 is 0 Å². The third-order valence-electron chi connectivity index (χ3n) is 3.64. The molecule has 1 aromatic rings.